The first-order valence-corrected chi connectivity index (χ1v) is 8.11. The van der Waals surface area contributed by atoms with Gasteiger partial charge < -0.3 is 20.7 Å². The molecule has 1 aromatic heterocycles. The van der Waals surface area contributed by atoms with E-state index in [4.69, 9.17) is 4.74 Å². The van der Waals surface area contributed by atoms with E-state index in [9.17, 15) is 9.59 Å². The van der Waals surface area contributed by atoms with Gasteiger partial charge in [-0.05, 0) is 31.2 Å². The minimum Gasteiger partial charge on any atom is -0.492 e. The number of carbonyl (C=O) groups excluding carboxylic acids is 2. The average molecular weight is 342 g/mol. The SMILES string of the molecule is CCOc1ccccc1NC(=O)CC(=O)NCCNc1cccnc1. The van der Waals surface area contributed by atoms with Crippen molar-refractivity contribution in [2.24, 2.45) is 0 Å². The minimum absolute atomic E-state index is 0.243. The van der Waals surface area contributed by atoms with Crippen molar-refractivity contribution in [3.05, 3.63) is 48.8 Å². The number of ether oxygens (including phenoxy) is 1. The highest BCUT2D eigenvalue weighted by Gasteiger charge is 2.11. The lowest BCUT2D eigenvalue weighted by molar-refractivity contribution is -0.126. The van der Waals surface area contributed by atoms with Crippen LogP contribution in [0.25, 0.3) is 0 Å². The molecule has 7 heteroatoms. The molecule has 0 saturated heterocycles. The van der Waals surface area contributed by atoms with E-state index >= 15 is 0 Å². The number of nitrogens with zero attached hydrogens (tertiary/aromatic N) is 1. The topological polar surface area (TPSA) is 92.3 Å². The monoisotopic (exact) mass is 342 g/mol. The van der Waals surface area contributed by atoms with Crippen LogP contribution in [0.5, 0.6) is 5.75 Å². The Morgan fingerprint density at radius 2 is 1.92 bits per heavy atom. The molecule has 0 aliphatic carbocycles. The van der Waals surface area contributed by atoms with Crippen molar-refractivity contribution in [3.63, 3.8) is 0 Å². The van der Waals surface area contributed by atoms with E-state index in [2.05, 4.69) is 20.9 Å². The number of hydrogen-bond donors (Lipinski definition) is 3. The number of aromatic nitrogens is 1. The van der Waals surface area contributed by atoms with Crippen molar-refractivity contribution in [1.82, 2.24) is 10.3 Å². The lowest BCUT2D eigenvalue weighted by Crippen LogP contribution is -2.31. The van der Waals surface area contributed by atoms with Crippen LogP contribution in [-0.4, -0.2) is 36.5 Å². The Balaban J connectivity index is 1.70. The van der Waals surface area contributed by atoms with Gasteiger partial charge in [-0.3, -0.25) is 14.6 Å². The highest BCUT2D eigenvalue weighted by molar-refractivity contribution is 6.04. The maximum absolute atomic E-state index is 12.0. The highest BCUT2D eigenvalue weighted by atomic mass is 16.5. The number of rotatable bonds is 9. The van der Waals surface area contributed by atoms with E-state index < -0.39 is 0 Å². The molecule has 2 aromatic rings. The molecule has 0 radical (unpaired) electrons. The average Bonchev–Trinajstić information content (AvgIpc) is 2.61. The van der Waals surface area contributed by atoms with Gasteiger partial charge in [0, 0.05) is 25.5 Å². The summed E-state index contributed by atoms with van der Waals surface area (Å²) in [6, 6.07) is 10.8. The second-order valence-electron chi connectivity index (χ2n) is 5.17. The molecular formula is C18H22N4O3. The van der Waals surface area contributed by atoms with Gasteiger partial charge in [0.1, 0.15) is 12.2 Å². The van der Waals surface area contributed by atoms with Crippen LogP contribution in [0.3, 0.4) is 0 Å². The van der Waals surface area contributed by atoms with E-state index in [-0.39, 0.29) is 18.2 Å². The molecule has 2 rings (SSSR count). The Morgan fingerprint density at radius 1 is 1.08 bits per heavy atom. The van der Waals surface area contributed by atoms with Crippen molar-refractivity contribution in [1.29, 1.82) is 0 Å². The van der Waals surface area contributed by atoms with Crippen molar-refractivity contribution < 1.29 is 14.3 Å². The van der Waals surface area contributed by atoms with Gasteiger partial charge in [0.25, 0.3) is 0 Å². The third-order valence-corrected chi connectivity index (χ3v) is 3.22. The van der Waals surface area contributed by atoms with Crippen molar-refractivity contribution in [2.45, 2.75) is 13.3 Å². The molecule has 0 aliphatic heterocycles. The molecule has 0 bridgehead atoms. The maximum atomic E-state index is 12.0. The summed E-state index contributed by atoms with van der Waals surface area (Å²) in [4.78, 5) is 27.8. The lowest BCUT2D eigenvalue weighted by atomic mass is 10.2. The molecule has 7 nitrogen and oxygen atoms in total. The van der Waals surface area contributed by atoms with Gasteiger partial charge in [-0.1, -0.05) is 12.1 Å². The van der Waals surface area contributed by atoms with Gasteiger partial charge in [-0.15, -0.1) is 0 Å². The van der Waals surface area contributed by atoms with Gasteiger partial charge in [0.05, 0.1) is 18.0 Å². The highest BCUT2D eigenvalue weighted by Crippen LogP contribution is 2.23. The molecule has 0 saturated carbocycles. The molecule has 0 unspecified atom stereocenters. The normalized spacial score (nSPS) is 9.96. The van der Waals surface area contributed by atoms with Crippen molar-refractivity contribution in [2.75, 3.05) is 30.3 Å². The third-order valence-electron chi connectivity index (χ3n) is 3.22. The van der Waals surface area contributed by atoms with Crippen LogP contribution in [0.4, 0.5) is 11.4 Å². The quantitative estimate of drug-likeness (QED) is 0.479. The standard InChI is InChI=1S/C18H22N4O3/c1-2-25-16-8-4-3-7-15(16)22-18(24)12-17(23)21-11-10-20-14-6-5-9-19-13-14/h3-9,13,20H,2,10-12H2,1H3,(H,21,23)(H,22,24). The van der Waals surface area contributed by atoms with Gasteiger partial charge >= 0.3 is 0 Å². The molecule has 2 amide bonds. The van der Waals surface area contributed by atoms with Crippen LogP contribution in [0, 0.1) is 0 Å². The van der Waals surface area contributed by atoms with E-state index in [0.29, 0.717) is 31.1 Å². The summed E-state index contributed by atoms with van der Waals surface area (Å²) >= 11 is 0. The summed E-state index contributed by atoms with van der Waals surface area (Å²) in [5, 5.41) is 8.51. The number of anilines is 2. The predicted molar refractivity (Wildman–Crippen MR) is 96.6 cm³/mol. The van der Waals surface area contributed by atoms with E-state index in [0.717, 1.165) is 5.69 Å². The largest absolute Gasteiger partial charge is 0.492 e. The predicted octanol–water partition coefficient (Wildman–Crippen LogP) is 2.04. The number of pyridine rings is 1. The van der Waals surface area contributed by atoms with Crippen LogP contribution in [0.15, 0.2) is 48.8 Å². The fraction of sp³-hybridized carbons (Fsp3) is 0.278. The smallest absolute Gasteiger partial charge is 0.233 e. The molecule has 25 heavy (non-hydrogen) atoms. The second kappa shape index (κ2) is 9.92. The zero-order valence-electron chi connectivity index (χ0n) is 14.1. The minimum atomic E-state index is -0.384. The first-order valence-electron chi connectivity index (χ1n) is 8.11. The molecule has 1 aromatic carbocycles. The summed E-state index contributed by atoms with van der Waals surface area (Å²) < 4.78 is 5.44. The molecule has 0 aliphatic rings. The lowest BCUT2D eigenvalue weighted by Gasteiger charge is -2.11. The Kier molecular flexibility index (Phi) is 7.24. The molecule has 132 valence electrons. The van der Waals surface area contributed by atoms with Gasteiger partial charge in [0.2, 0.25) is 11.8 Å². The van der Waals surface area contributed by atoms with Crippen LogP contribution < -0.4 is 20.7 Å². The van der Waals surface area contributed by atoms with Crippen LogP contribution in [0.2, 0.25) is 0 Å². The number of carbonyl (C=O) groups is 2. The number of amides is 2. The summed E-state index contributed by atoms with van der Waals surface area (Å²) in [5.41, 5.74) is 1.43. The Labute approximate surface area is 146 Å². The molecular weight excluding hydrogens is 320 g/mol. The molecule has 3 N–H and O–H groups in total. The Morgan fingerprint density at radius 3 is 2.68 bits per heavy atom. The third kappa shape index (κ3) is 6.50. The fourth-order valence-corrected chi connectivity index (χ4v) is 2.13. The summed E-state index contributed by atoms with van der Waals surface area (Å²) in [6.07, 6.45) is 3.15. The second-order valence-corrected chi connectivity index (χ2v) is 5.17. The molecule has 1 heterocycles. The number of benzene rings is 1. The zero-order valence-corrected chi connectivity index (χ0v) is 14.1. The molecule has 0 fully saturated rings. The number of hydrogen-bond acceptors (Lipinski definition) is 5. The van der Waals surface area contributed by atoms with E-state index in [1.807, 2.05) is 25.1 Å². The van der Waals surface area contributed by atoms with Crippen molar-refractivity contribution in [3.8, 4) is 5.75 Å². The van der Waals surface area contributed by atoms with Crippen LogP contribution in [-0.2, 0) is 9.59 Å². The number of para-hydroxylation sites is 2. The van der Waals surface area contributed by atoms with E-state index in [1.165, 1.54) is 0 Å². The van der Waals surface area contributed by atoms with Crippen molar-refractivity contribution >= 4 is 23.2 Å². The van der Waals surface area contributed by atoms with Gasteiger partial charge in [-0.25, -0.2) is 0 Å². The first-order chi connectivity index (χ1) is 12.2. The van der Waals surface area contributed by atoms with Crippen LogP contribution >= 0.6 is 0 Å². The molecule has 0 spiro atoms. The van der Waals surface area contributed by atoms with Gasteiger partial charge in [0.15, 0.2) is 0 Å². The first kappa shape index (κ1) is 18.3. The zero-order chi connectivity index (χ0) is 17.9. The summed E-state index contributed by atoms with van der Waals surface area (Å²) in [6.45, 7) is 3.33. The number of nitrogens with one attached hydrogen (secondary N) is 3. The van der Waals surface area contributed by atoms with E-state index in [1.54, 1.807) is 30.6 Å². The van der Waals surface area contributed by atoms with Gasteiger partial charge in [-0.2, -0.15) is 0 Å². The Bertz CT molecular complexity index is 692. The maximum Gasteiger partial charge on any atom is 0.233 e. The molecule has 0 atom stereocenters. The summed E-state index contributed by atoms with van der Waals surface area (Å²) in [7, 11) is 0. The summed E-state index contributed by atoms with van der Waals surface area (Å²) in [5.74, 6) is -0.135. The Hall–Kier alpha value is -3.09. The fourth-order valence-electron chi connectivity index (χ4n) is 2.13. The van der Waals surface area contributed by atoms with Crippen LogP contribution in [0.1, 0.15) is 13.3 Å².